The molecule has 2 aliphatic rings. The van der Waals surface area contributed by atoms with Gasteiger partial charge < -0.3 is 18.9 Å². The van der Waals surface area contributed by atoms with E-state index in [2.05, 4.69) is 0 Å². The maximum atomic E-state index is 11.4. The molecule has 0 amide bonds. The van der Waals surface area contributed by atoms with E-state index in [0.717, 1.165) is 6.42 Å². The molecule has 18 heavy (non-hydrogen) atoms. The van der Waals surface area contributed by atoms with Gasteiger partial charge in [0.1, 0.15) is 12.2 Å². The van der Waals surface area contributed by atoms with Gasteiger partial charge in [0.05, 0.1) is 12.9 Å². The number of hydrogen-bond donors (Lipinski definition) is 0. The Morgan fingerprint density at radius 2 is 2.28 bits per heavy atom. The predicted molar refractivity (Wildman–Crippen MR) is 63.7 cm³/mol. The number of carbonyl (C=O) groups is 1. The third-order valence-electron chi connectivity index (χ3n) is 3.04. The summed E-state index contributed by atoms with van der Waals surface area (Å²) >= 11 is 0. The molecule has 0 bridgehead atoms. The Kier molecular flexibility index (Phi) is 3.92. The third-order valence-corrected chi connectivity index (χ3v) is 3.04. The molecule has 0 aromatic carbocycles. The normalized spacial score (nSPS) is 34.1. The topological polar surface area (TPSA) is 54.0 Å². The number of fused-ring (bicyclic) bond motifs is 1. The lowest BCUT2D eigenvalue weighted by atomic mass is 10.0. The molecule has 1 fully saturated rings. The standard InChI is InChI=1S/C13H20O5/c1-4-11(14)17-10-5-7-15-9-6-8-16-13(2,3)18-12(9)10/h5,7,9-10,12H,4,6,8H2,1-3H3/t9-,10-,12+/m1/s1. The van der Waals surface area contributed by atoms with E-state index in [4.69, 9.17) is 18.9 Å². The Bertz CT molecular complexity index is 336. The van der Waals surface area contributed by atoms with Crippen LogP contribution in [0, 0.1) is 0 Å². The van der Waals surface area contributed by atoms with Crippen molar-refractivity contribution in [3.8, 4) is 0 Å². The first kappa shape index (κ1) is 13.4. The highest BCUT2D eigenvalue weighted by Gasteiger charge is 2.41. The summed E-state index contributed by atoms with van der Waals surface area (Å²) in [7, 11) is 0. The van der Waals surface area contributed by atoms with E-state index < -0.39 is 11.9 Å². The largest absolute Gasteiger partial charge is 0.495 e. The lowest BCUT2D eigenvalue weighted by molar-refractivity contribution is -0.248. The first-order valence-electron chi connectivity index (χ1n) is 6.35. The van der Waals surface area contributed by atoms with Crippen LogP contribution in [0.3, 0.4) is 0 Å². The van der Waals surface area contributed by atoms with Gasteiger partial charge in [-0.05, 0) is 19.9 Å². The molecule has 5 heteroatoms. The van der Waals surface area contributed by atoms with Crippen molar-refractivity contribution in [2.75, 3.05) is 6.61 Å². The van der Waals surface area contributed by atoms with E-state index in [1.54, 1.807) is 19.3 Å². The van der Waals surface area contributed by atoms with E-state index in [9.17, 15) is 4.79 Å². The molecule has 0 aromatic rings. The first-order chi connectivity index (χ1) is 8.52. The number of esters is 1. The van der Waals surface area contributed by atoms with Gasteiger partial charge in [-0.2, -0.15) is 0 Å². The van der Waals surface area contributed by atoms with Crippen molar-refractivity contribution in [2.24, 2.45) is 0 Å². The Labute approximate surface area is 107 Å². The van der Waals surface area contributed by atoms with E-state index in [1.807, 2.05) is 13.8 Å². The minimum absolute atomic E-state index is 0.133. The number of carbonyl (C=O) groups excluding carboxylic acids is 1. The molecule has 0 aromatic heterocycles. The summed E-state index contributed by atoms with van der Waals surface area (Å²) in [6, 6.07) is 0. The fourth-order valence-corrected chi connectivity index (χ4v) is 2.12. The van der Waals surface area contributed by atoms with Gasteiger partial charge >= 0.3 is 5.97 Å². The van der Waals surface area contributed by atoms with Crippen LogP contribution in [0.1, 0.15) is 33.6 Å². The van der Waals surface area contributed by atoms with Crippen molar-refractivity contribution < 1.29 is 23.7 Å². The molecule has 0 N–H and O–H groups in total. The molecule has 0 spiro atoms. The molecule has 0 unspecified atom stereocenters. The van der Waals surface area contributed by atoms with Crippen molar-refractivity contribution in [2.45, 2.75) is 57.7 Å². The maximum absolute atomic E-state index is 11.4. The Balaban J connectivity index is 2.12. The van der Waals surface area contributed by atoms with Crippen LogP contribution in [0.5, 0.6) is 0 Å². The highest BCUT2D eigenvalue weighted by atomic mass is 16.7. The van der Waals surface area contributed by atoms with Gasteiger partial charge in [0, 0.05) is 12.8 Å². The number of rotatable bonds is 2. The van der Waals surface area contributed by atoms with Crippen molar-refractivity contribution in [1.29, 1.82) is 0 Å². The van der Waals surface area contributed by atoms with Gasteiger partial charge in [0.15, 0.2) is 11.9 Å². The van der Waals surface area contributed by atoms with Crippen molar-refractivity contribution in [3.63, 3.8) is 0 Å². The smallest absolute Gasteiger partial charge is 0.306 e. The number of ether oxygens (including phenoxy) is 4. The summed E-state index contributed by atoms with van der Waals surface area (Å²) in [6.45, 7) is 6.04. The average Bonchev–Trinajstić information content (AvgIpc) is 2.47. The number of hydrogen-bond acceptors (Lipinski definition) is 5. The lowest BCUT2D eigenvalue weighted by Crippen LogP contribution is -2.47. The summed E-state index contributed by atoms with van der Waals surface area (Å²) in [5, 5.41) is 0. The van der Waals surface area contributed by atoms with Crippen LogP contribution in [0.4, 0.5) is 0 Å². The molecule has 5 nitrogen and oxygen atoms in total. The monoisotopic (exact) mass is 256 g/mol. The zero-order valence-corrected chi connectivity index (χ0v) is 11.0. The second kappa shape index (κ2) is 5.28. The second-order valence-electron chi connectivity index (χ2n) is 4.93. The Morgan fingerprint density at radius 3 is 3.00 bits per heavy atom. The minimum atomic E-state index is -0.690. The SMILES string of the molecule is CCC(=O)O[C@@H]1C=CO[C@@H]2CCOC(C)(C)O[C@H]12. The summed E-state index contributed by atoms with van der Waals surface area (Å²) in [5.41, 5.74) is 0. The van der Waals surface area contributed by atoms with Gasteiger partial charge in [0.2, 0.25) is 0 Å². The van der Waals surface area contributed by atoms with E-state index in [0.29, 0.717) is 13.0 Å². The average molecular weight is 256 g/mol. The van der Waals surface area contributed by atoms with Crippen LogP contribution >= 0.6 is 0 Å². The zero-order valence-electron chi connectivity index (χ0n) is 11.0. The molecule has 102 valence electrons. The van der Waals surface area contributed by atoms with E-state index in [1.165, 1.54) is 0 Å². The van der Waals surface area contributed by atoms with Crippen molar-refractivity contribution >= 4 is 5.97 Å². The highest BCUT2D eigenvalue weighted by Crippen LogP contribution is 2.29. The summed E-state index contributed by atoms with van der Waals surface area (Å²) in [5.74, 6) is -0.929. The maximum Gasteiger partial charge on any atom is 0.306 e. The fraction of sp³-hybridized carbons (Fsp3) is 0.769. The Hall–Kier alpha value is -1.07. The molecule has 3 atom stereocenters. The minimum Gasteiger partial charge on any atom is -0.495 e. The van der Waals surface area contributed by atoms with Gasteiger partial charge in [-0.1, -0.05) is 6.92 Å². The van der Waals surface area contributed by atoms with Crippen LogP contribution in [0.25, 0.3) is 0 Å². The molecule has 0 radical (unpaired) electrons. The first-order valence-corrected chi connectivity index (χ1v) is 6.35. The summed E-state index contributed by atoms with van der Waals surface area (Å²) < 4.78 is 22.4. The van der Waals surface area contributed by atoms with E-state index >= 15 is 0 Å². The summed E-state index contributed by atoms with van der Waals surface area (Å²) in [4.78, 5) is 11.4. The quantitative estimate of drug-likeness (QED) is 0.705. The van der Waals surface area contributed by atoms with Gasteiger partial charge in [0.25, 0.3) is 0 Å². The van der Waals surface area contributed by atoms with E-state index in [-0.39, 0.29) is 18.2 Å². The molecule has 2 aliphatic heterocycles. The van der Waals surface area contributed by atoms with Crippen molar-refractivity contribution in [3.05, 3.63) is 12.3 Å². The van der Waals surface area contributed by atoms with Crippen molar-refractivity contribution in [1.82, 2.24) is 0 Å². The Morgan fingerprint density at radius 1 is 1.50 bits per heavy atom. The van der Waals surface area contributed by atoms with Crippen LogP contribution in [0.15, 0.2) is 12.3 Å². The third kappa shape index (κ3) is 3.03. The molecular formula is C13H20O5. The van der Waals surface area contributed by atoms with Gasteiger partial charge in [-0.3, -0.25) is 4.79 Å². The molecule has 2 heterocycles. The molecule has 2 rings (SSSR count). The van der Waals surface area contributed by atoms with Crippen LogP contribution in [-0.2, 0) is 23.7 Å². The van der Waals surface area contributed by atoms with Gasteiger partial charge in [-0.15, -0.1) is 0 Å². The zero-order chi connectivity index (χ0) is 13.2. The molecule has 0 aliphatic carbocycles. The van der Waals surface area contributed by atoms with Gasteiger partial charge in [-0.25, -0.2) is 0 Å². The highest BCUT2D eigenvalue weighted by molar-refractivity contribution is 5.69. The molecular weight excluding hydrogens is 236 g/mol. The molecule has 0 saturated carbocycles. The predicted octanol–water partition coefficient (Wildman–Crippen LogP) is 1.76. The van der Waals surface area contributed by atoms with Crippen LogP contribution < -0.4 is 0 Å². The lowest BCUT2D eigenvalue weighted by Gasteiger charge is -2.35. The second-order valence-corrected chi connectivity index (χ2v) is 4.93. The summed E-state index contributed by atoms with van der Waals surface area (Å²) in [6.07, 6.45) is 3.51. The van der Waals surface area contributed by atoms with Crippen LogP contribution in [0.2, 0.25) is 0 Å². The molecule has 1 saturated heterocycles. The fourth-order valence-electron chi connectivity index (χ4n) is 2.12. The van der Waals surface area contributed by atoms with Crippen LogP contribution in [-0.4, -0.2) is 36.7 Å².